The Hall–Kier alpha value is -2.47. The van der Waals surface area contributed by atoms with Crippen LogP contribution in [0.3, 0.4) is 0 Å². The minimum absolute atomic E-state index is 0.340. The third-order valence-electron chi connectivity index (χ3n) is 3.21. The molecule has 1 aromatic carbocycles. The van der Waals surface area contributed by atoms with Crippen molar-refractivity contribution >= 4 is 34.2 Å². The van der Waals surface area contributed by atoms with Crippen molar-refractivity contribution in [3.63, 3.8) is 0 Å². The van der Waals surface area contributed by atoms with Gasteiger partial charge in [-0.3, -0.25) is 0 Å². The van der Waals surface area contributed by atoms with Crippen LogP contribution in [0.4, 0.5) is 5.82 Å². The van der Waals surface area contributed by atoms with Crippen molar-refractivity contribution in [1.82, 2.24) is 9.97 Å². The first-order chi connectivity index (χ1) is 10.7. The number of hydrogen-bond acceptors (Lipinski definition) is 6. The van der Waals surface area contributed by atoms with E-state index in [1.807, 2.05) is 37.3 Å². The predicted molar refractivity (Wildman–Crippen MR) is 88.8 cm³/mol. The number of fused-ring (bicyclic) bond motifs is 1. The van der Waals surface area contributed by atoms with Crippen molar-refractivity contribution in [3.8, 4) is 0 Å². The third kappa shape index (κ3) is 2.78. The summed E-state index contributed by atoms with van der Waals surface area (Å²) in [5.74, 6) is 0.959. The number of hydrogen-bond donors (Lipinski definition) is 1. The predicted octanol–water partition coefficient (Wildman–Crippen LogP) is 3.11. The molecule has 2 N–H and O–H groups in total. The molecule has 0 radical (unpaired) electrons. The van der Waals surface area contributed by atoms with Crippen LogP contribution in [0.1, 0.15) is 23.9 Å². The molecule has 2 aromatic heterocycles. The molecule has 0 aliphatic heterocycles. The molecule has 5 nitrogen and oxygen atoms in total. The molecule has 3 aromatic rings. The van der Waals surface area contributed by atoms with E-state index in [0.717, 1.165) is 5.56 Å². The topological polar surface area (TPSA) is 74.2 Å². The second-order valence-corrected chi connectivity index (χ2v) is 5.11. The quantitative estimate of drug-likeness (QED) is 0.746. The zero-order valence-corrected chi connectivity index (χ0v) is 12.9. The number of rotatable bonds is 4. The van der Waals surface area contributed by atoms with Crippen LogP contribution in [0, 0.1) is 0 Å². The number of thiocarbonyl (C=S) groups is 1. The fraction of sp³-hybridized carbons (Fsp3) is 0.188. The first kappa shape index (κ1) is 14.5. The highest BCUT2D eigenvalue weighted by Crippen LogP contribution is 2.26. The molecule has 22 heavy (non-hydrogen) atoms. The smallest absolute Gasteiger partial charge is 0.232 e. The van der Waals surface area contributed by atoms with Crippen molar-refractivity contribution in [1.29, 1.82) is 0 Å². The highest BCUT2D eigenvalue weighted by atomic mass is 32.1. The van der Waals surface area contributed by atoms with Gasteiger partial charge in [0, 0.05) is 6.42 Å². The maximum absolute atomic E-state index is 6.06. The minimum atomic E-state index is 0.340. The van der Waals surface area contributed by atoms with E-state index in [1.165, 1.54) is 6.26 Å². The molecule has 0 amide bonds. The molecule has 0 aliphatic rings. The van der Waals surface area contributed by atoms with Crippen LogP contribution in [0.15, 0.2) is 41.0 Å². The summed E-state index contributed by atoms with van der Waals surface area (Å²) in [6, 6.07) is 9.95. The average molecular weight is 313 g/mol. The lowest BCUT2D eigenvalue weighted by molar-refractivity contribution is 0.337. The second kappa shape index (κ2) is 6.11. The first-order valence-corrected chi connectivity index (χ1v) is 7.34. The van der Waals surface area contributed by atoms with Gasteiger partial charge in [0.2, 0.25) is 5.71 Å². The summed E-state index contributed by atoms with van der Waals surface area (Å²) < 4.78 is 10.8. The molecule has 0 bridgehead atoms. The van der Waals surface area contributed by atoms with E-state index in [2.05, 4.69) is 9.97 Å². The van der Waals surface area contributed by atoms with Gasteiger partial charge in [-0.15, -0.1) is 0 Å². The Bertz CT molecular complexity index is 815. The fourth-order valence-electron chi connectivity index (χ4n) is 2.23. The Balaban J connectivity index is 1.98. The van der Waals surface area contributed by atoms with Gasteiger partial charge in [0.25, 0.3) is 0 Å². The van der Waals surface area contributed by atoms with Crippen molar-refractivity contribution < 1.29 is 9.15 Å². The van der Waals surface area contributed by atoms with E-state index in [-0.39, 0.29) is 0 Å². The van der Waals surface area contributed by atoms with E-state index < -0.39 is 0 Å². The van der Waals surface area contributed by atoms with Gasteiger partial charge in [-0.25, -0.2) is 4.98 Å². The Kier molecular flexibility index (Phi) is 4.02. The largest absolute Gasteiger partial charge is 0.483 e. The van der Waals surface area contributed by atoms with Gasteiger partial charge in [-0.2, -0.15) is 4.98 Å². The summed E-state index contributed by atoms with van der Waals surface area (Å²) in [4.78, 5) is 8.79. The third-order valence-corrected chi connectivity index (χ3v) is 3.55. The average Bonchev–Trinajstić information content (AvgIpc) is 2.93. The zero-order chi connectivity index (χ0) is 15.5. The Morgan fingerprint density at radius 1 is 1.27 bits per heavy atom. The molecular weight excluding hydrogens is 298 g/mol. The van der Waals surface area contributed by atoms with E-state index >= 15 is 0 Å². The normalized spacial score (nSPS) is 10.8. The number of ether oxygens (including phenoxy) is 1. The van der Waals surface area contributed by atoms with Crippen LogP contribution >= 0.6 is 12.2 Å². The highest BCUT2D eigenvalue weighted by Gasteiger charge is 2.17. The van der Waals surface area contributed by atoms with Gasteiger partial charge >= 0.3 is 0 Å². The summed E-state index contributed by atoms with van der Waals surface area (Å²) in [6.07, 6.45) is 2.10. The van der Waals surface area contributed by atoms with Gasteiger partial charge in [-0.05, 0) is 24.7 Å². The van der Waals surface area contributed by atoms with Gasteiger partial charge in [0.15, 0.2) is 5.05 Å². The molecular formula is C16H15N3O2S. The van der Waals surface area contributed by atoms with Crippen molar-refractivity contribution in [3.05, 3.63) is 53.5 Å². The molecule has 0 unspecified atom stereocenters. The molecule has 0 spiro atoms. The molecule has 112 valence electrons. The summed E-state index contributed by atoms with van der Waals surface area (Å²) in [6.45, 7) is 2.35. The second-order valence-electron chi connectivity index (χ2n) is 4.74. The number of aromatic nitrogens is 2. The summed E-state index contributed by atoms with van der Waals surface area (Å²) in [5.41, 5.74) is 8.22. The van der Waals surface area contributed by atoms with Crippen LogP contribution < -0.4 is 5.73 Å². The van der Waals surface area contributed by atoms with Gasteiger partial charge < -0.3 is 14.9 Å². The van der Waals surface area contributed by atoms with Gasteiger partial charge in [-0.1, -0.05) is 30.3 Å². The number of nitrogens with zero attached hydrogens (tertiary/aromatic N) is 2. The lowest BCUT2D eigenvalue weighted by Crippen LogP contribution is -2.05. The van der Waals surface area contributed by atoms with E-state index in [0.29, 0.717) is 46.4 Å². The number of furan rings is 1. The molecule has 2 heterocycles. The molecule has 0 saturated heterocycles. The lowest BCUT2D eigenvalue weighted by atomic mass is 10.1. The number of nitrogen functional groups attached to an aromatic ring is 1. The van der Waals surface area contributed by atoms with Crippen molar-refractivity contribution in [2.75, 3.05) is 12.3 Å². The minimum Gasteiger partial charge on any atom is -0.483 e. The standard InChI is InChI=1S/C16H15N3O2S/c1-2-20-16(22)11-9-21-15-13(11)14(17)18-12(19-15)8-10-6-4-3-5-7-10/h3-7,9H,2,8H2,1H3,(H2,17,18,19). The van der Waals surface area contributed by atoms with Crippen molar-refractivity contribution in [2.24, 2.45) is 0 Å². The number of benzene rings is 1. The summed E-state index contributed by atoms with van der Waals surface area (Å²) in [5, 5.41) is 0.947. The maximum Gasteiger partial charge on any atom is 0.232 e. The van der Waals surface area contributed by atoms with Crippen LogP contribution in [0.25, 0.3) is 11.1 Å². The Labute approximate surface area is 133 Å². The molecule has 3 rings (SSSR count). The molecule has 0 fully saturated rings. The summed E-state index contributed by atoms with van der Waals surface area (Å²) in [7, 11) is 0. The SMILES string of the molecule is CCOC(=S)c1coc2nc(Cc3ccccc3)nc(N)c12. The Morgan fingerprint density at radius 2 is 2.05 bits per heavy atom. The highest BCUT2D eigenvalue weighted by molar-refractivity contribution is 7.80. The summed E-state index contributed by atoms with van der Waals surface area (Å²) >= 11 is 5.20. The van der Waals surface area contributed by atoms with E-state index in [9.17, 15) is 0 Å². The molecule has 6 heteroatoms. The fourth-order valence-corrected chi connectivity index (χ4v) is 2.50. The van der Waals surface area contributed by atoms with Gasteiger partial charge in [0.05, 0.1) is 17.6 Å². The molecule has 0 atom stereocenters. The van der Waals surface area contributed by atoms with E-state index in [1.54, 1.807) is 0 Å². The van der Waals surface area contributed by atoms with Crippen LogP contribution in [0.5, 0.6) is 0 Å². The Morgan fingerprint density at radius 3 is 2.77 bits per heavy atom. The molecule has 0 aliphatic carbocycles. The van der Waals surface area contributed by atoms with Crippen LogP contribution in [-0.2, 0) is 11.2 Å². The maximum atomic E-state index is 6.06. The van der Waals surface area contributed by atoms with Crippen molar-refractivity contribution in [2.45, 2.75) is 13.3 Å². The van der Waals surface area contributed by atoms with Crippen LogP contribution in [0.2, 0.25) is 0 Å². The molecule has 0 saturated carbocycles. The zero-order valence-electron chi connectivity index (χ0n) is 12.1. The first-order valence-electron chi connectivity index (χ1n) is 6.93. The van der Waals surface area contributed by atoms with E-state index in [4.69, 9.17) is 27.1 Å². The van der Waals surface area contributed by atoms with Gasteiger partial charge in [0.1, 0.15) is 17.9 Å². The number of nitrogens with two attached hydrogens (primary N) is 1. The monoisotopic (exact) mass is 313 g/mol. The lowest BCUT2D eigenvalue weighted by Gasteiger charge is -2.05. The number of anilines is 1. The van der Waals surface area contributed by atoms with Crippen LogP contribution in [-0.4, -0.2) is 21.6 Å².